The summed E-state index contributed by atoms with van der Waals surface area (Å²) in [7, 11) is 1.59. The van der Waals surface area contributed by atoms with Crippen LogP contribution in [0.3, 0.4) is 0 Å². The van der Waals surface area contributed by atoms with Crippen molar-refractivity contribution < 1.29 is 51.7 Å². The van der Waals surface area contributed by atoms with Gasteiger partial charge in [-0.2, -0.15) is 36.4 Å². The third-order valence-corrected chi connectivity index (χ3v) is 4.62. The van der Waals surface area contributed by atoms with Crippen molar-refractivity contribution in [3.05, 3.63) is 126 Å². The SMILES string of the molecule is COCOc1cc[c-]cc1.Cc1ccc(Cc2ccc(OCOc3cc[c-]cc3)cc2)cc1.[Y]. The smallest absolute Gasteiger partial charge is 0.227 e. The molecule has 34 heavy (non-hydrogen) atoms. The fourth-order valence-corrected chi connectivity index (χ4v) is 2.87. The molecule has 4 aromatic carbocycles. The second kappa shape index (κ2) is 16.1. The van der Waals surface area contributed by atoms with Gasteiger partial charge in [-0.1, -0.05) is 42.0 Å². The molecular formula is C29H28O4Y-2. The molecule has 0 saturated heterocycles. The van der Waals surface area contributed by atoms with Crippen molar-refractivity contribution in [3.63, 3.8) is 0 Å². The minimum absolute atomic E-state index is 0. The van der Waals surface area contributed by atoms with Crippen molar-refractivity contribution in [1.82, 2.24) is 0 Å². The number of hydrogen-bond acceptors (Lipinski definition) is 4. The largest absolute Gasteiger partial charge is 0.493 e. The van der Waals surface area contributed by atoms with Crippen molar-refractivity contribution in [2.45, 2.75) is 13.3 Å². The van der Waals surface area contributed by atoms with Crippen LogP contribution in [0.4, 0.5) is 0 Å². The number of methoxy groups -OCH3 is 1. The first-order valence-electron chi connectivity index (χ1n) is 10.7. The first-order valence-corrected chi connectivity index (χ1v) is 10.7. The Balaban J connectivity index is 0.000000314. The van der Waals surface area contributed by atoms with Gasteiger partial charge in [0, 0.05) is 51.3 Å². The molecule has 4 aromatic rings. The van der Waals surface area contributed by atoms with Gasteiger partial charge in [-0.3, -0.25) is 0 Å². The maximum Gasteiger partial charge on any atom is 0.227 e. The summed E-state index contributed by atoms with van der Waals surface area (Å²) in [5.74, 6) is 2.39. The summed E-state index contributed by atoms with van der Waals surface area (Å²) in [6.07, 6.45) is 0.928. The van der Waals surface area contributed by atoms with Crippen LogP contribution in [0.2, 0.25) is 0 Å². The Labute approximate surface area is 227 Å². The van der Waals surface area contributed by atoms with E-state index >= 15 is 0 Å². The molecule has 5 heteroatoms. The predicted molar refractivity (Wildman–Crippen MR) is 130 cm³/mol. The second-order valence-electron chi connectivity index (χ2n) is 7.24. The standard InChI is InChI=1S/C21H19O2.C8H9O2.Y/c1-17-7-9-18(10-8-17)15-19-11-13-21(14-12-19)23-16-22-20-5-3-2-4-6-20;1-9-7-10-8-5-3-2-4-6-8;/h3-14H,15-16H2,1H3;3-6H,7H2,1H3;/q2*-1;. The fraction of sp³-hybridized carbons (Fsp3) is 0.172. The average molecular weight is 529 g/mol. The van der Waals surface area contributed by atoms with Gasteiger partial charge in [0.25, 0.3) is 0 Å². The van der Waals surface area contributed by atoms with Crippen LogP contribution in [0.15, 0.2) is 97.1 Å². The molecule has 173 valence electrons. The maximum atomic E-state index is 5.60. The van der Waals surface area contributed by atoms with E-state index in [2.05, 4.69) is 55.5 Å². The number of ether oxygens (including phenoxy) is 4. The Bertz CT molecular complexity index is 1040. The van der Waals surface area contributed by atoms with Crippen LogP contribution in [0.1, 0.15) is 16.7 Å². The number of hydrogen-bond donors (Lipinski definition) is 0. The minimum atomic E-state index is 0. The van der Waals surface area contributed by atoms with Crippen LogP contribution >= 0.6 is 0 Å². The Hall–Kier alpha value is -2.66. The maximum absolute atomic E-state index is 5.60. The van der Waals surface area contributed by atoms with E-state index in [1.165, 1.54) is 16.7 Å². The van der Waals surface area contributed by atoms with E-state index < -0.39 is 0 Å². The molecule has 0 aliphatic rings. The van der Waals surface area contributed by atoms with Gasteiger partial charge in [-0.15, -0.1) is 24.3 Å². The molecule has 0 unspecified atom stereocenters. The molecule has 0 aliphatic heterocycles. The van der Waals surface area contributed by atoms with Gasteiger partial charge in [0.2, 0.25) is 6.79 Å². The van der Waals surface area contributed by atoms with E-state index in [1.807, 2.05) is 48.5 Å². The summed E-state index contributed by atoms with van der Waals surface area (Å²) in [4.78, 5) is 0. The molecule has 4 rings (SSSR count). The second-order valence-corrected chi connectivity index (χ2v) is 7.24. The van der Waals surface area contributed by atoms with Crippen LogP contribution in [0, 0.1) is 19.1 Å². The Morgan fingerprint density at radius 1 is 0.559 bits per heavy atom. The molecule has 0 N–H and O–H groups in total. The van der Waals surface area contributed by atoms with Crippen molar-refractivity contribution in [1.29, 1.82) is 0 Å². The molecule has 0 heterocycles. The summed E-state index contributed by atoms with van der Waals surface area (Å²) < 4.78 is 20.9. The molecule has 0 saturated carbocycles. The Morgan fingerprint density at radius 3 is 1.44 bits per heavy atom. The fourth-order valence-electron chi connectivity index (χ4n) is 2.87. The van der Waals surface area contributed by atoms with Crippen LogP contribution in [-0.4, -0.2) is 20.7 Å². The zero-order valence-electron chi connectivity index (χ0n) is 19.6. The molecule has 0 aliphatic carbocycles. The molecule has 0 bridgehead atoms. The number of benzene rings is 4. The van der Waals surface area contributed by atoms with Crippen molar-refractivity contribution in [3.8, 4) is 17.2 Å². The monoisotopic (exact) mass is 529 g/mol. The van der Waals surface area contributed by atoms with E-state index in [4.69, 9.17) is 18.9 Å². The topological polar surface area (TPSA) is 36.9 Å². The molecule has 0 atom stereocenters. The summed E-state index contributed by atoms with van der Waals surface area (Å²) >= 11 is 0. The predicted octanol–water partition coefficient (Wildman–Crippen LogP) is 6.27. The zero-order chi connectivity index (χ0) is 23.1. The van der Waals surface area contributed by atoms with E-state index in [0.29, 0.717) is 6.79 Å². The third kappa shape index (κ3) is 10.5. The summed E-state index contributed by atoms with van der Waals surface area (Å²) in [5.41, 5.74) is 3.86. The summed E-state index contributed by atoms with van der Waals surface area (Å²) in [6, 6.07) is 37.2. The molecular weight excluding hydrogens is 501 g/mol. The molecule has 0 fully saturated rings. The number of aryl methyl sites for hydroxylation is 1. The third-order valence-electron chi connectivity index (χ3n) is 4.62. The van der Waals surface area contributed by atoms with Crippen molar-refractivity contribution in [2.75, 3.05) is 20.7 Å². The van der Waals surface area contributed by atoms with Gasteiger partial charge in [0.05, 0.1) is 0 Å². The summed E-state index contributed by atoms with van der Waals surface area (Å²) in [5, 5.41) is 0. The number of rotatable bonds is 9. The summed E-state index contributed by atoms with van der Waals surface area (Å²) in [6.45, 7) is 2.59. The first-order chi connectivity index (χ1) is 16.2. The molecule has 4 nitrogen and oxygen atoms in total. The quantitative estimate of drug-likeness (QED) is 0.189. The molecule has 0 amide bonds. The average Bonchev–Trinajstić information content (AvgIpc) is 2.87. The van der Waals surface area contributed by atoms with Gasteiger partial charge >= 0.3 is 0 Å². The van der Waals surface area contributed by atoms with Crippen LogP contribution in [0.5, 0.6) is 17.2 Å². The normalized spacial score (nSPS) is 9.71. The van der Waals surface area contributed by atoms with Gasteiger partial charge in [0.1, 0.15) is 5.75 Å². The van der Waals surface area contributed by atoms with Crippen LogP contribution < -0.4 is 14.2 Å². The van der Waals surface area contributed by atoms with E-state index in [1.54, 1.807) is 19.2 Å². The van der Waals surface area contributed by atoms with Crippen LogP contribution in [0.25, 0.3) is 0 Å². The minimum Gasteiger partial charge on any atom is -0.493 e. The van der Waals surface area contributed by atoms with Gasteiger partial charge < -0.3 is 18.9 Å². The molecule has 1 radical (unpaired) electrons. The van der Waals surface area contributed by atoms with Gasteiger partial charge in [-0.25, -0.2) is 0 Å². The molecule has 0 spiro atoms. The Kier molecular flexibility index (Phi) is 13.0. The van der Waals surface area contributed by atoms with Crippen LogP contribution in [-0.2, 0) is 43.9 Å². The van der Waals surface area contributed by atoms with Crippen molar-refractivity contribution >= 4 is 0 Å². The van der Waals surface area contributed by atoms with E-state index in [-0.39, 0.29) is 39.5 Å². The van der Waals surface area contributed by atoms with Gasteiger partial charge in [0.15, 0.2) is 6.79 Å². The van der Waals surface area contributed by atoms with Gasteiger partial charge in [-0.05, 0) is 36.6 Å². The first kappa shape index (κ1) is 27.6. The van der Waals surface area contributed by atoms with Crippen molar-refractivity contribution in [2.24, 2.45) is 0 Å². The molecule has 0 aromatic heterocycles. The van der Waals surface area contributed by atoms with E-state index in [0.717, 1.165) is 23.7 Å². The Morgan fingerprint density at radius 2 is 0.971 bits per heavy atom. The van der Waals surface area contributed by atoms with E-state index in [9.17, 15) is 0 Å². The zero-order valence-corrected chi connectivity index (χ0v) is 22.4.